The van der Waals surface area contributed by atoms with Crippen LogP contribution in [-0.2, 0) is 10.0 Å². The second-order valence-corrected chi connectivity index (χ2v) is 4.70. The summed E-state index contributed by atoms with van der Waals surface area (Å²) in [4.78, 5) is 6.09. The van der Waals surface area contributed by atoms with Crippen molar-refractivity contribution >= 4 is 15.7 Å². The lowest BCUT2D eigenvalue weighted by Gasteiger charge is -2.05. The van der Waals surface area contributed by atoms with E-state index in [1.807, 2.05) is 0 Å². The summed E-state index contributed by atoms with van der Waals surface area (Å²) in [6.07, 6.45) is 3.95. The van der Waals surface area contributed by atoms with Crippen molar-refractivity contribution in [1.82, 2.24) is 9.97 Å². The molecule has 0 radical (unpaired) electrons. The molecule has 0 aliphatic heterocycles. The van der Waals surface area contributed by atoms with Crippen LogP contribution in [0.15, 0.2) is 41.7 Å². The van der Waals surface area contributed by atoms with Crippen LogP contribution >= 0.6 is 0 Å². The maximum atomic E-state index is 12.5. The van der Waals surface area contributed by atoms with Gasteiger partial charge in [-0.15, -0.1) is 0 Å². The van der Waals surface area contributed by atoms with Crippen LogP contribution in [-0.4, -0.2) is 18.4 Å². The highest BCUT2D eigenvalue weighted by atomic mass is 32.2. The summed E-state index contributed by atoms with van der Waals surface area (Å²) in [5.41, 5.74) is 0.211. The van der Waals surface area contributed by atoms with Gasteiger partial charge in [-0.2, -0.15) is 4.39 Å². The molecule has 16 heavy (non-hydrogen) atoms. The molecule has 2 aromatic heterocycles. The van der Waals surface area contributed by atoms with E-state index in [-0.39, 0.29) is 10.6 Å². The molecule has 0 aliphatic rings. The van der Waals surface area contributed by atoms with Crippen molar-refractivity contribution in [2.45, 2.75) is 4.90 Å². The summed E-state index contributed by atoms with van der Waals surface area (Å²) in [5.74, 6) is -0.662. The Morgan fingerprint density at radius 3 is 2.69 bits per heavy atom. The normalized spacial score (nSPS) is 11.3. The smallest absolute Gasteiger partial charge is 0.263 e. The summed E-state index contributed by atoms with van der Waals surface area (Å²) in [7, 11) is -3.63. The maximum Gasteiger partial charge on any atom is 0.263 e. The number of hydrogen-bond acceptors (Lipinski definition) is 3. The average Bonchev–Trinajstić information content (AvgIpc) is 2.75. The van der Waals surface area contributed by atoms with Gasteiger partial charge in [-0.1, -0.05) is 0 Å². The number of anilines is 1. The van der Waals surface area contributed by atoms with Gasteiger partial charge in [0.25, 0.3) is 10.0 Å². The van der Waals surface area contributed by atoms with Crippen LogP contribution in [0.25, 0.3) is 0 Å². The van der Waals surface area contributed by atoms with Crippen LogP contribution in [0.1, 0.15) is 0 Å². The number of hydrogen-bond donors (Lipinski definition) is 2. The van der Waals surface area contributed by atoms with E-state index in [1.54, 1.807) is 0 Å². The van der Waals surface area contributed by atoms with Crippen LogP contribution in [0.5, 0.6) is 0 Å². The first kappa shape index (κ1) is 10.6. The molecular formula is C9H8FN3O2S. The standard InChI is InChI=1S/C9H8FN3O2S/c10-9-2-1-7(5-12-9)13-16(14,15)8-3-4-11-6-8/h1-6,11,13H. The molecule has 2 heterocycles. The monoisotopic (exact) mass is 241 g/mol. The van der Waals surface area contributed by atoms with Crippen LogP contribution in [0.2, 0.25) is 0 Å². The third-order valence-electron chi connectivity index (χ3n) is 1.86. The molecule has 0 amide bonds. The SMILES string of the molecule is O=S(=O)(Nc1ccc(F)nc1)c1cc[nH]c1. The Bertz CT molecular complexity index is 563. The Kier molecular flexibility index (Phi) is 2.61. The van der Waals surface area contributed by atoms with E-state index in [2.05, 4.69) is 14.7 Å². The van der Waals surface area contributed by atoms with Crippen molar-refractivity contribution in [2.75, 3.05) is 4.72 Å². The number of aromatic nitrogens is 2. The quantitative estimate of drug-likeness (QED) is 0.796. The zero-order chi connectivity index (χ0) is 11.6. The number of H-pyrrole nitrogens is 1. The largest absolute Gasteiger partial charge is 0.366 e. The van der Waals surface area contributed by atoms with E-state index in [0.29, 0.717) is 0 Å². The Morgan fingerprint density at radius 2 is 2.12 bits per heavy atom. The van der Waals surface area contributed by atoms with E-state index >= 15 is 0 Å². The number of nitrogens with one attached hydrogen (secondary N) is 2. The number of nitrogens with zero attached hydrogens (tertiary/aromatic N) is 1. The fraction of sp³-hybridized carbons (Fsp3) is 0. The number of sulfonamides is 1. The molecule has 0 aliphatic carbocycles. The van der Waals surface area contributed by atoms with Gasteiger partial charge in [0, 0.05) is 12.4 Å². The lowest BCUT2D eigenvalue weighted by atomic mass is 10.4. The van der Waals surface area contributed by atoms with Crippen LogP contribution in [0.3, 0.4) is 0 Å². The van der Waals surface area contributed by atoms with E-state index in [1.165, 1.54) is 24.5 Å². The van der Waals surface area contributed by atoms with Gasteiger partial charge in [-0.3, -0.25) is 4.72 Å². The van der Waals surface area contributed by atoms with Crippen molar-refractivity contribution in [3.8, 4) is 0 Å². The average molecular weight is 241 g/mol. The Morgan fingerprint density at radius 1 is 1.31 bits per heavy atom. The highest BCUT2D eigenvalue weighted by Gasteiger charge is 2.14. The fourth-order valence-corrected chi connectivity index (χ4v) is 2.15. The topological polar surface area (TPSA) is 74.8 Å². The molecule has 5 nitrogen and oxygen atoms in total. The Labute approximate surface area is 91.4 Å². The van der Waals surface area contributed by atoms with E-state index in [9.17, 15) is 12.8 Å². The second-order valence-electron chi connectivity index (χ2n) is 3.02. The van der Waals surface area contributed by atoms with Gasteiger partial charge in [0.1, 0.15) is 4.90 Å². The zero-order valence-corrected chi connectivity index (χ0v) is 8.83. The van der Waals surface area contributed by atoms with Gasteiger partial charge < -0.3 is 4.98 Å². The lowest BCUT2D eigenvalue weighted by molar-refractivity contribution is 0.583. The molecule has 2 aromatic rings. The van der Waals surface area contributed by atoms with Gasteiger partial charge in [-0.05, 0) is 18.2 Å². The van der Waals surface area contributed by atoms with Crippen LogP contribution in [0.4, 0.5) is 10.1 Å². The summed E-state index contributed by atoms with van der Waals surface area (Å²) in [6.45, 7) is 0. The fourth-order valence-electron chi connectivity index (χ4n) is 1.13. The molecule has 7 heteroatoms. The van der Waals surface area contributed by atoms with E-state index in [0.717, 1.165) is 12.3 Å². The highest BCUT2D eigenvalue weighted by Crippen LogP contribution is 2.14. The third-order valence-corrected chi connectivity index (χ3v) is 3.24. The maximum absolute atomic E-state index is 12.5. The van der Waals surface area contributed by atoms with Crippen molar-refractivity contribution in [2.24, 2.45) is 0 Å². The molecule has 0 unspecified atom stereocenters. The van der Waals surface area contributed by atoms with Crippen LogP contribution in [0, 0.1) is 5.95 Å². The van der Waals surface area contributed by atoms with E-state index in [4.69, 9.17) is 0 Å². The van der Waals surface area contributed by atoms with Crippen molar-refractivity contribution in [3.05, 3.63) is 42.7 Å². The third kappa shape index (κ3) is 2.19. The Balaban J connectivity index is 2.25. The first-order valence-corrected chi connectivity index (χ1v) is 5.83. The number of pyridine rings is 1. The summed E-state index contributed by atoms with van der Waals surface area (Å²) in [5, 5.41) is 0. The first-order chi connectivity index (χ1) is 7.58. The molecule has 0 fully saturated rings. The summed E-state index contributed by atoms with van der Waals surface area (Å²) >= 11 is 0. The predicted molar refractivity (Wildman–Crippen MR) is 55.8 cm³/mol. The molecule has 0 atom stereocenters. The molecule has 0 aromatic carbocycles. The molecule has 84 valence electrons. The lowest BCUT2D eigenvalue weighted by Crippen LogP contribution is -2.12. The minimum Gasteiger partial charge on any atom is -0.366 e. The minimum atomic E-state index is -3.63. The van der Waals surface area contributed by atoms with Gasteiger partial charge in [0.05, 0.1) is 11.9 Å². The van der Waals surface area contributed by atoms with Gasteiger partial charge in [0.2, 0.25) is 5.95 Å². The zero-order valence-electron chi connectivity index (χ0n) is 8.01. The van der Waals surface area contributed by atoms with Gasteiger partial charge in [-0.25, -0.2) is 13.4 Å². The van der Waals surface area contributed by atoms with Crippen molar-refractivity contribution < 1.29 is 12.8 Å². The van der Waals surface area contributed by atoms with Gasteiger partial charge >= 0.3 is 0 Å². The molecule has 2 rings (SSSR count). The molecule has 0 spiro atoms. The Hall–Kier alpha value is -1.89. The first-order valence-electron chi connectivity index (χ1n) is 4.35. The van der Waals surface area contributed by atoms with Gasteiger partial charge in [0.15, 0.2) is 0 Å². The summed E-state index contributed by atoms with van der Waals surface area (Å²) < 4.78 is 38.2. The molecular weight excluding hydrogens is 233 g/mol. The summed E-state index contributed by atoms with van der Waals surface area (Å²) in [6, 6.07) is 3.79. The molecule has 2 N–H and O–H groups in total. The van der Waals surface area contributed by atoms with Crippen molar-refractivity contribution in [1.29, 1.82) is 0 Å². The number of rotatable bonds is 3. The van der Waals surface area contributed by atoms with E-state index < -0.39 is 16.0 Å². The minimum absolute atomic E-state index is 0.108. The molecule has 0 bridgehead atoms. The second kappa shape index (κ2) is 3.93. The van der Waals surface area contributed by atoms with Crippen LogP contribution < -0.4 is 4.72 Å². The van der Waals surface area contributed by atoms with Crippen molar-refractivity contribution in [3.63, 3.8) is 0 Å². The highest BCUT2D eigenvalue weighted by molar-refractivity contribution is 7.92. The molecule has 0 saturated carbocycles. The predicted octanol–water partition coefficient (Wildman–Crippen LogP) is 1.35. The molecule has 0 saturated heterocycles. The number of aromatic amines is 1. The number of halogens is 1.